The zero-order chi connectivity index (χ0) is 15.9. The van der Waals surface area contributed by atoms with Gasteiger partial charge in [0.15, 0.2) is 12.5 Å². The molecule has 0 aromatic rings. The minimum absolute atomic E-state index is 0.253. The first-order valence-electron chi connectivity index (χ1n) is 10.1. The normalized spacial score (nSPS) is 43.2. The van der Waals surface area contributed by atoms with Crippen molar-refractivity contribution in [2.75, 3.05) is 6.67 Å². The van der Waals surface area contributed by atoms with Crippen LogP contribution in [0.4, 0.5) is 0 Å². The minimum Gasteiger partial charge on any atom is -0.243 e. The summed E-state index contributed by atoms with van der Waals surface area (Å²) in [6, 6.07) is 0. The maximum absolute atomic E-state index is 4.85. The number of aliphatic imine (C=N–C) groups is 1. The number of azo groups is 1. The summed E-state index contributed by atoms with van der Waals surface area (Å²) in [4.78, 5) is 4.85. The Hall–Kier alpha value is -0.730. The molecule has 3 heteroatoms. The van der Waals surface area contributed by atoms with Crippen LogP contribution in [0.25, 0.3) is 0 Å². The molecular weight excluding hydrogens is 282 g/mol. The van der Waals surface area contributed by atoms with Crippen LogP contribution in [0.5, 0.6) is 0 Å². The second kappa shape index (κ2) is 6.29. The highest BCUT2D eigenvalue weighted by atomic mass is 15.3. The van der Waals surface area contributed by atoms with Gasteiger partial charge >= 0.3 is 0 Å². The first-order chi connectivity index (χ1) is 11.2. The van der Waals surface area contributed by atoms with Crippen LogP contribution in [0.2, 0.25) is 0 Å². The van der Waals surface area contributed by atoms with Crippen LogP contribution >= 0.6 is 0 Å². The molecule has 3 aliphatic carbocycles. The Kier molecular flexibility index (Phi) is 4.32. The van der Waals surface area contributed by atoms with Gasteiger partial charge < -0.3 is 0 Å². The van der Waals surface area contributed by atoms with Crippen LogP contribution in [0.15, 0.2) is 15.2 Å². The summed E-state index contributed by atoms with van der Waals surface area (Å²) < 4.78 is 0. The number of amidine groups is 1. The lowest BCUT2D eigenvalue weighted by Crippen LogP contribution is -2.55. The van der Waals surface area contributed by atoms with Gasteiger partial charge in [-0.25, -0.2) is 4.99 Å². The van der Waals surface area contributed by atoms with Crippen molar-refractivity contribution in [2.24, 2.45) is 50.2 Å². The average molecular weight is 316 g/mol. The van der Waals surface area contributed by atoms with Crippen molar-refractivity contribution in [1.29, 1.82) is 0 Å². The fraction of sp³-hybridized carbons (Fsp3) is 0.950. The highest BCUT2D eigenvalue weighted by Gasteiger charge is 2.58. The highest BCUT2D eigenvalue weighted by Crippen LogP contribution is 2.62. The van der Waals surface area contributed by atoms with E-state index in [4.69, 9.17) is 4.99 Å². The molecule has 0 N–H and O–H groups in total. The van der Waals surface area contributed by atoms with Gasteiger partial charge in [-0.05, 0) is 55.3 Å². The lowest BCUT2D eigenvalue weighted by molar-refractivity contribution is -0.0584. The van der Waals surface area contributed by atoms with Gasteiger partial charge in [-0.3, -0.25) is 0 Å². The lowest BCUT2D eigenvalue weighted by Gasteiger charge is -2.59. The quantitative estimate of drug-likeness (QED) is 0.626. The second-order valence-electron chi connectivity index (χ2n) is 9.04. The van der Waals surface area contributed by atoms with Crippen molar-refractivity contribution in [1.82, 2.24) is 0 Å². The molecule has 0 aromatic carbocycles. The van der Waals surface area contributed by atoms with Crippen LogP contribution in [-0.2, 0) is 0 Å². The van der Waals surface area contributed by atoms with Crippen LogP contribution in [0.1, 0.15) is 78.1 Å². The molecule has 1 heterocycles. The summed E-state index contributed by atoms with van der Waals surface area (Å²) in [5.74, 6) is 5.40. The monoisotopic (exact) mass is 315 g/mol. The predicted molar refractivity (Wildman–Crippen MR) is 94.6 cm³/mol. The van der Waals surface area contributed by atoms with Crippen molar-refractivity contribution in [3.63, 3.8) is 0 Å². The summed E-state index contributed by atoms with van der Waals surface area (Å²) in [6.45, 7) is 5.39. The number of rotatable bonds is 3. The van der Waals surface area contributed by atoms with Gasteiger partial charge in [0, 0.05) is 5.41 Å². The second-order valence-corrected chi connectivity index (χ2v) is 9.04. The maximum atomic E-state index is 4.85. The van der Waals surface area contributed by atoms with E-state index in [1.165, 1.54) is 70.0 Å². The smallest absolute Gasteiger partial charge is 0.154 e. The molecule has 0 radical (unpaired) electrons. The molecule has 3 saturated carbocycles. The predicted octanol–water partition coefficient (Wildman–Crippen LogP) is 5.86. The summed E-state index contributed by atoms with van der Waals surface area (Å²) in [6.07, 6.45) is 14.3. The fourth-order valence-corrected chi connectivity index (χ4v) is 6.87. The molecule has 0 spiro atoms. The molecule has 1 aliphatic heterocycles. The summed E-state index contributed by atoms with van der Waals surface area (Å²) in [5.41, 5.74) is 0.253. The van der Waals surface area contributed by atoms with E-state index in [0.717, 1.165) is 29.6 Å². The van der Waals surface area contributed by atoms with E-state index >= 15 is 0 Å². The van der Waals surface area contributed by atoms with E-state index in [1.54, 1.807) is 0 Å². The molecular formula is C20H33N3. The summed E-state index contributed by atoms with van der Waals surface area (Å²) in [7, 11) is 0. The van der Waals surface area contributed by atoms with Crippen molar-refractivity contribution in [3.8, 4) is 0 Å². The molecule has 0 bridgehead atoms. The Morgan fingerprint density at radius 3 is 2.09 bits per heavy atom. The Morgan fingerprint density at radius 1 is 0.957 bits per heavy atom. The van der Waals surface area contributed by atoms with E-state index in [2.05, 4.69) is 24.1 Å². The third kappa shape index (κ3) is 2.59. The minimum atomic E-state index is 0.253. The molecule has 4 aliphatic rings. The Bertz CT molecular complexity index is 471. The first-order valence-corrected chi connectivity index (χ1v) is 10.1. The number of fused-ring (bicyclic) bond motifs is 2. The lowest BCUT2D eigenvalue weighted by atomic mass is 9.45. The highest BCUT2D eigenvalue weighted by molar-refractivity contribution is 5.90. The van der Waals surface area contributed by atoms with Crippen molar-refractivity contribution in [3.05, 3.63) is 0 Å². The standard InChI is InChI=1S/C20H33N3/c1-14(2)12-20(19-21-13-22-23-19)17-9-5-3-7-15(17)11-16-8-4-6-10-18(16)20/h14-18H,3-13H2,1-2H3. The molecule has 0 aromatic heterocycles. The van der Waals surface area contributed by atoms with Crippen molar-refractivity contribution >= 4 is 5.84 Å². The van der Waals surface area contributed by atoms with Gasteiger partial charge in [-0.15, -0.1) is 5.11 Å². The molecule has 3 fully saturated rings. The number of nitrogens with zero attached hydrogens (tertiary/aromatic N) is 3. The first kappa shape index (κ1) is 15.8. The topological polar surface area (TPSA) is 37.1 Å². The van der Waals surface area contributed by atoms with E-state index in [1.807, 2.05) is 0 Å². The Balaban J connectivity index is 1.80. The molecule has 0 saturated heterocycles. The van der Waals surface area contributed by atoms with Gasteiger partial charge in [-0.1, -0.05) is 52.4 Å². The third-order valence-electron chi connectivity index (χ3n) is 7.36. The Morgan fingerprint density at radius 2 is 1.57 bits per heavy atom. The van der Waals surface area contributed by atoms with E-state index in [9.17, 15) is 0 Å². The SMILES string of the molecule is CC(C)CC1(C2=NCN=N2)C2CCCCC2CC2CCCCC21. The largest absolute Gasteiger partial charge is 0.243 e. The molecule has 3 nitrogen and oxygen atoms in total. The van der Waals surface area contributed by atoms with E-state index < -0.39 is 0 Å². The number of hydrogen-bond donors (Lipinski definition) is 0. The zero-order valence-electron chi connectivity index (χ0n) is 15.0. The fourth-order valence-electron chi connectivity index (χ4n) is 6.87. The van der Waals surface area contributed by atoms with Crippen LogP contribution in [0, 0.1) is 35.0 Å². The Labute approximate surface area is 141 Å². The van der Waals surface area contributed by atoms with Crippen LogP contribution < -0.4 is 0 Å². The molecule has 4 rings (SSSR count). The zero-order valence-corrected chi connectivity index (χ0v) is 15.0. The van der Waals surface area contributed by atoms with E-state index in [0.29, 0.717) is 6.67 Å². The van der Waals surface area contributed by atoms with Crippen molar-refractivity contribution < 1.29 is 0 Å². The molecule has 4 atom stereocenters. The number of hydrogen-bond acceptors (Lipinski definition) is 3. The van der Waals surface area contributed by atoms with Crippen LogP contribution in [0.3, 0.4) is 0 Å². The van der Waals surface area contributed by atoms with Gasteiger partial charge in [0.2, 0.25) is 0 Å². The van der Waals surface area contributed by atoms with Gasteiger partial charge in [0.05, 0.1) is 0 Å². The van der Waals surface area contributed by atoms with Gasteiger partial charge in [-0.2, -0.15) is 5.11 Å². The third-order valence-corrected chi connectivity index (χ3v) is 7.36. The molecule has 128 valence electrons. The van der Waals surface area contributed by atoms with E-state index in [-0.39, 0.29) is 5.41 Å². The van der Waals surface area contributed by atoms with Gasteiger partial charge in [0.25, 0.3) is 0 Å². The summed E-state index contributed by atoms with van der Waals surface area (Å²) >= 11 is 0. The van der Waals surface area contributed by atoms with Crippen LogP contribution in [-0.4, -0.2) is 12.5 Å². The molecule has 0 amide bonds. The maximum Gasteiger partial charge on any atom is 0.154 e. The average Bonchev–Trinajstić information content (AvgIpc) is 3.09. The van der Waals surface area contributed by atoms with Crippen molar-refractivity contribution in [2.45, 2.75) is 78.1 Å². The van der Waals surface area contributed by atoms with Gasteiger partial charge in [0.1, 0.15) is 0 Å². The summed E-state index contributed by atoms with van der Waals surface area (Å²) in [5, 5.41) is 8.93. The molecule has 23 heavy (non-hydrogen) atoms. The molecule has 4 unspecified atom stereocenters.